The number of H-pyrrole nitrogens is 1. The number of hydrogen-bond donors (Lipinski definition) is 4. The Morgan fingerprint density at radius 3 is 3.00 bits per heavy atom. The number of amides is 1. The molecule has 1 aromatic heterocycles. The van der Waals surface area contributed by atoms with Crippen LogP contribution in [0.3, 0.4) is 0 Å². The number of fused-ring (bicyclic) bond motifs is 1. The van der Waals surface area contributed by atoms with E-state index in [2.05, 4.69) is 27.9 Å². The van der Waals surface area contributed by atoms with E-state index in [-0.39, 0.29) is 11.8 Å². The Morgan fingerprint density at radius 2 is 2.31 bits per heavy atom. The first-order chi connectivity index (χ1) is 7.66. The SMILES string of the molecule is O=C(O)NCC(S)c1nc2ccccc2[nH]1. The summed E-state index contributed by atoms with van der Waals surface area (Å²) >= 11 is 4.29. The molecule has 1 amide bonds. The van der Waals surface area contributed by atoms with Gasteiger partial charge in [-0.15, -0.1) is 0 Å². The molecule has 0 fully saturated rings. The second kappa shape index (κ2) is 4.44. The number of para-hydroxylation sites is 2. The molecule has 1 atom stereocenters. The summed E-state index contributed by atoms with van der Waals surface area (Å²) in [5.41, 5.74) is 1.78. The molecule has 0 aliphatic rings. The minimum Gasteiger partial charge on any atom is -0.465 e. The fourth-order valence-electron chi connectivity index (χ4n) is 1.41. The lowest BCUT2D eigenvalue weighted by Crippen LogP contribution is -2.25. The van der Waals surface area contributed by atoms with Gasteiger partial charge in [-0.3, -0.25) is 0 Å². The maximum absolute atomic E-state index is 10.3. The number of nitrogens with one attached hydrogen (secondary N) is 2. The number of benzene rings is 1. The van der Waals surface area contributed by atoms with E-state index in [1.165, 1.54) is 0 Å². The molecule has 2 rings (SSSR count). The Kier molecular flexibility index (Phi) is 3.00. The van der Waals surface area contributed by atoms with Gasteiger partial charge in [-0.2, -0.15) is 12.6 Å². The largest absolute Gasteiger partial charge is 0.465 e. The normalized spacial score (nSPS) is 12.6. The van der Waals surface area contributed by atoms with Gasteiger partial charge in [0.05, 0.1) is 16.3 Å². The summed E-state index contributed by atoms with van der Waals surface area (Å²) in [6.07, 6.45) is -1.06. The number of nitrogens with zero attached hydrogens (tertiary/aromatic N) is 1. The minimum atomic E-state index is -1.06. The van der Waals surface area contributed by atoms with E-state index in [0.29, 0.717) is 5.82 Å². The fourth-order valence-corrected chi connectivity index (χ4v) is 1.62. The van der Waals surface area contributed by atoms with Crippen LogP contribution in [0.1, 0.15) is 11.1 Å². The van der Waals surface area contributed by atoms with Crippen molar-refractivity contribution in [3.05, 3.63) is 30.1 Å². The van der Waals surface area contributed by atoms with Crippen molar-refractivity contribution in [3.8, 4) is 0 Å². The molecule has 6 heteroatoms. The first kappa shape index (κ1) is 10.8. The predicted octanol–water partition coefficient (Wildman–Crippen LogP) is 1.80. The molecule has 0 bridgehead atoms. The third kappa shape index (κ3) is 2.27. The standard InChI is InChI=1S/C10H11N3O2S/c14-10(15)11-5-8(16)9-12-6-3-1-2-4-7(6)13-9/h1-4,8,11,16H,5H2,(H,12,13)(H,14,15). The van der Waals surface area contributed by atoms with Crippen LogP contribution in [-0.2, 0) is 0 Å². The summed E-state index contributed by atoms with van der Waals surface area (Å²) in [5.74, 6) is 0.665. The molecule has 5 nitrogen and oxygen atoms in total. The third-order valence-corrected chi connectivity index (χ3v) is 2.60. The van der Waals surface area contributed by atoms with E-state index < -0.39 is 6.09 Å². The predicted molar refractivity (Wildman–Crippen MR) is 63.8 cm³/mol. The van der Waals surface area contributed by atoms with Crippen LogP contribution in [0.5, 0.6) is 0 Å². The highest BCUT2D eigenvalue weighted by Crippen LogP contribution is 2.19. The van der Waals surface area contributed by atoms with Crippen molar-refractivity contribution >= 4 is 29.8 Å². The summed E-state index contributed by atoms with van der Waals surface area (Å²) in [4.78, 5) is 17.8. The lowest BCUT2D eigenvalue weighted by molar-refractivity contribution is 0.194. The summed E-state index contributed by atoms with van der Waals surface area (Å²) in [6.45, 7) is 0.221. The second-order valence-corrected chi connectivity index (χ2v) is 3.96. The maximum Gasteiger partial charge on any atom is 0.404 e. The smallest absolute Gasteiger partial charge is 0.404 e. The molecule has 0 spiro atoms. The number of aromatic nitrogens is 2. The molecule has 0 radical (unpaired) electrons. The average Bonchev–Trinajstić information content (AvgIpc) is 2.69. The molecular weight excluding hydrogens is 226 g/mol. The lowest BCUT2D eigenvalue weighted by Gasteiger charge is -2.06. The quantitative estimate of drug-likeness (QED) is 0.615. The van der Waals surface area contributed by atoms with Gasteiger partial charge in [0.1, 0.15) is 5.82 Å². The Bertz CT molecular complexity index is 478. The first-order valence-electron chi connectivity index (χ1n) is 4.76. The molecule has 1 aromatic carbocycles. The van der Waals surface area contributed by atoms with Crippen molar-refractivity contribution < 1.29 is 9.90 Å². The summed E-state index contributed by atoms with van der Waals surface area (Å²) in [7, 11) is 0. The van der Waals surface area contributed by atoms with Gasteiger partial charge in [-0.25, -0.2) is 9.78 Å². The molecule has 0 saturated carbocycles. The molecule has 16 heavy (non-hydrogen) atoms. The van der Waals surface area contributed by atoms with Crippen molar-refractivity contribution in [1.82, 2.24) is 15.3 Å². The zero-order chi connectivity index (χ0) is 11.5. The lowest BCUT2D eigenvalue weighted by atomic mass is 10.3. The van der Waals surface area contributed by atoms with Crippen LogP contribution in [0.4, 0.5) is 4.79 Å². The summed E-state index contributed by atoms with van der Waals surface area (Å²) in [6, 6.07) is 7.61. The van der Waals surface area contributed by atoms with Crippen LogP contribution in [0.2, 0.25) is 0 Å². The number of carbonyl (C=O) groups is 1. The number of rotatable bonds is 3. The topological polar surface area (TPSA) is 78.0 Å². The van der Waals surface area contributed by atoms with Gasteiger partial charge >= 0.3 is 6.09 Å². The van der Waals surface area contributed by atoms with E-state index >= 15 is 0 Å². The summed E-state index contributed by atoms with van der Waals surface area (Å²) in [5, 5.41) is 10.5. The molecule has 1 heterocycles. The van der Waals surface area contributed by atoms with Crippen molar-refractivity contribution in [1.29, 1.82) is 0 Å². The summed E-state index contributed by atoms with van der Waals surface area (Å²) < 4.78 is 0. The third-order valence-electron chi connectivity index (χ3n) is 2.17. The van der Waals surface area contributed by atoms with E-state index in [0.717, 1.165) is 11.0 Å². The second-order valence-electron chi connectivity index (χ2n) is 3.34. The van der Waals surface area contributed by atoms with E-state index in [1.807, 2.05) is 24.3 Å². The zero-order valence-electron chi connectivity index (χ0n) is 8.34. The van der Waals surface area contributed by atoms with Crippen LogP contribution in [-0.4, -0.2) is 27.7 Å². The molecular formula is C10H11N3O2S. The molecule has 0 saturated heterocycles. The first-order valence-corrected chi connectivity index (χ1v) is 5.28. The van der Waals surface area contributed by atoms with Gasteiger partial charge in [-0.1, -0.05) is 12.1 Å². The van der Waals surface area contributed by atoms with Crippen molar-refractivity contribution in [2.75, 3.05) is 6.54 Å². The maximum atomic E-state index is 10.3. The van der Waals surface area contributed by atoms with Crippen molar-refractivity contribution in [3.63, 3.8) is 0 Å². The number of imidazole rings is 1. The molecule has 0 aliphatic heterocycles. The van der Waals surface area contributed by atoms with Crippen LogP contribution < -0.4 is 5.32 Å². The Hall–Kier alpha value is -1.69. The number of thiol groups is 1. The highest BCUT2D eigenvalue weighted by Gasteiger charge is 2.12. The molecule has 84 valence electrons. The van der Waals surface area contributed by atoms with E-state index in [9.17, 15) is 4.79 Å². The molecule has 1 unspecified atom stereocenters. The zero-order valence-corrected chi connectivity index (χ0v) is 9.24. The van der Waals surface area contributed by atoms with Gasteiger partial charge in [0.25, 0.3) is 0 Å². The fraction of sp³-hybridized carbons (Fsp3) is 0.200. The van der Waals surface area contributed by atoms with Gasteiger partial charge < -0.3 is 15.4 Å². The molecule has 2 aromatic rings. The van der Waals surface area contributed by atoms with Crippen molar-refractivity contribution in [2.24, 2.45) is 0 Å². The van der Waals surface area contributed by atoms with Crippen LogP contribution >= 0.6 is 12.6 Å². The van der Waals surface area contributed by atoms with Gasteiger partial charge in [0.2, 0.25) is 0 Å². The van der Waals surface area contributed by atoms with Crippen LogP contribution in [0.25, 0.3) is 11.0 Å². The van der Waals surface area contributed by atoms with Gasteiger partial charge in [0.15, 0.2) is 0 Å². The van der Waals surface area contributed by atoms with Crippen molar-refractivity contribution in [2.45, 2.75) is 5.25 Å². The van der Waals surface area contributed by atoms with Gasteiger partial charge in [0, 0.05) is 6.54 Å². The number of carboxylic acid groups (broad SMARTS) is 1. The Labute approximate surface area is 97.3 Å². The van der Waals surface area contributed by atoms with E-state index in [1.54, 1.807) is 0 Å². The molecule has 0 aliphatic carbocycles. The highest BCUT2D eigenvalue weighted by molar-refractivity contribution is 7.80. The number of hydrogen-bond acceptors (Lipinski definition) is 3. The van der Waals surface area contributed by atoms with Gasteiger partial charge in [-0.05, 0) is 12.1 Å². The highest BCUT2D eigenvalue weighted by atomic mass is 32.1. The average molecular weight is 237 g/mol. The van der Waals surface area contributed by atoms with Crippen LogP contribution in [0.15, 0.2) is 24.3 Å². The number of aromatic amines is 1. The van der Waals surface area contributed by atoms with Crippen LogP contribution in [0, 0.1) is 0 Å². The minimum absolute atomic E-state index is 0.221. The Balaban J connectivity index is 2.16. The monoisotopic (exact) mass is 237 g/mol. The Morgan fingerprint density at radius 1 is 1.56 bits per heavy atom. The molecule has 3 N–H and O–H groups in total. The van der Waals surface area contributed by atoms with E-state index in [4.69, 9.17) is 5.11 Å².